The monoisotopic (exact) mass is 363 g/mol. The quantitative estimate of drug-likeness (QED) is 0.664. The van der Waals surface area contributed by atoms with Gasteiger partial charge in [0.2, 0.25) is 0 Å². The Labute approximate surface area is 160 Å². The fraction of sp³-hybridized carbons (Fsp3) is 0.261. The molecule has 140 valence electrons. The molecule has 0 aliphatic rings. The van der Waals surface area contributed by atoms with E-state index in [1.807, 2.05) is 54.6 Å². The summed E-state index contributed by atoms with van der Waals surface area (Å²) in [5, 5.41) is 5.14. The van der Waals surface area contributed by atoms with Crippen molar-refractivity contribution in [3.63, 3.8) is 0 Å². The summed E-state index contributed by atoms with van der Waals surface area (Å²) in [5.41, 5.74) is 2.15. The summed E-state index contributed by atoms with van der Waals surface area (Å²) in [6.07, 6.45) is 0. The number of fused-ring (bicyclic) bond motifs is 1. The maximum Gasteiger partial charge on any atom is 0.258 e. The molecule has 0 radical (unpaired) electrons. The molecule has 0 saturated heterocycles. The number of methoxy groups -OCH3 is 1. The van der Waals surface area contributed by atoms with Gasteiger partial charge in [-0.1, -0.05) is 50.2 Å². The molecular weight excluding hydrogens is 338 g/mol. The first-order valence-corrected chi connectivity index (χ1v) is 9.12. The molecule has 0 bridgehead atoms. The van der Waals surface area contributed by atoms with E-state index >= 15 is 0 Å². The van der Waals surface area contributed by atoms with Crippen LogP contribution in [-0.4, -0.2) is 19.6 Å². The van der Waals surface area contributed by atoms with Crippen molar-refractivity contribution in [3.8, 4) is 11.5 Å². The average molecular weight is 363 g/mol. The molecule has 0 aliphatic heterocycles. The van der Waals surface area contributed by atoms with Crippen LogP contribution in [0.5, 0.6) is 11.5 Å². The summed E-state index contributed by atoms with van der Waals surface area (Å²) in [6, 6.07) is 19.9. The minimum atomic E-state index is -0.136. The topological polar surface area (TPSA) is 47.6 Å². The van der Waals surface area contributed by atoms with E-state index in [0.717, 1.165) is 33.4 Å². The number of rotatable bonds is 7. The summed E-state index contributed by atoms with van der Waals surface area (Å²) < 4.78 is 11.0. The van der Waals surface area contributed by atoms with Gasteiger partial charge in [0.15, 0.2) is 6.61 Å². The first-order valence-electron chi connectivity index (χ1n) is 9.12. The lowest BCUT2D eigenvalue weighted by molar-refractivity contribution is -0.123. The number of benzene rings is 3. The van der Waals surface area contributed by atoms with Crippen molar-refractivity contribution >= 4 is 16.7 Å². The third-order valence-electron chi connectivity index (χ3n) is 4.50. The van der Waals surface area contributed by atoms with Gasteiger partial charge >= 0.3 is 0 Å². The Kier molecular flexibility index (Phi) is 5.97. The van der Waals surface area contributed by atoms with Crippen molar-refractivity contribution in [1.29, 1.82) is 0 Å². The average Bonchev–Trinajstić information content (AvgIpc) is 2.70. The van der Waals surface area contributed by atoms with E-state index in [-0.39, 0.29) is 12.5 Å². The van der Waals surface area contributed by atoms with Crippen molar-refractivity contribution in [2.75, 3.05) is 13.7 Å². The zero-order valence-corrected chi connectivity index (χ0v) is 16.0. The third-order valence-corrected chi connectivity index (χ3v) is 4.50. The van der Waals surface area contributed by atoms with E-state index < -0.39 is 0 Å². The minimum absolute atomic E-state index is 0.00845. The summed E-state index contributed by atoms with van der Waals surface area (Å²) >= 11 is 0. The number of nitrogens with one attached hydrogen (secondary N) is 1. The molecule has 4 nitrogen and oxygen atoms in total. The number of hydrogen-bond acceptors (Lipinski definition) is 3. The first kappa shape index (κ1) is 18.8. The molecule has 0 saturated carbocycles. The molecule has 0 unspecified atom stereocenters. The molecule has 3 rings (SSSR count). The van der Waals surface area contributed by atoms with E-state index in [4.69, 9.17) is 9.47 Å². The minimum Gasteiger partial charge on any atom is -0.497 e. The van der Waals surface area contributed by atoms with Crippen molar-refractivity contribution in [1.82, 2.24) is 5.32 Å². The molecule has 0 aliphatic carbocycles. The van der Waals surface area contributed by atoms with Gasteiger partial charge in [-0.25, -0.2) is 0 Å². The van der Waals surface area contributed by atoms with Gasteiger partial charge in [-0.05, 0) is 52.1 Å². The van der Waals surface area contributed by atoms with Gasteiger partial charge in [0.1, 0.15) is 11.5 Å². The van der Waals surface area contributed by atoms with Crippen LogP contribution >= 0.6 is 0 Å². The number of hydrogen-bond donors (Lipinski definition) is 1. The Morgan fingerprint density at radius 3 is 2.52 bits per heavy atom. The summed E-state index contributed by atoms with van der Waals surface area (Å²) in [5.74, 6) is 1.81. The fourth-order valence-corrected chi connectivity index (χ4v) is 2.99. The molecule has 1 N–H and O–H groups in total. The van der Waals surface area contributed by atoms with Crippen LogP contribution in [0.4, 0.5) is 0 Å². The normalized spacial score (nSPS) is 10.8. The molecule has 27 heavy (non-hydrogen) atoms. The second-order valence-corrected chi connectivity index (χ2v) is 6.81. The number of ether oxygens (including phenoxy) is 2. The molecule has 0 aromatic heterocycles. The number of carbonyl (C=O) groups excluding carboxylic acids is 1. The fourth-order valence-electron chi connectivity index (χ4n) is 2.99. The van der Waals surface area contributed by atoms with Crippen LogP contribution in [0.3, 0.4) is 0 Å². The Balaban J connectivity index is 1.57. The van der Waals surface area contributed by atoms with Crippen LogP contribution < -0.4 is 14.8 Å². The van der Waals surface area contributed by atoms with Crippen LogP contribution in [-0.2, 0) is 11.3 Å². The van der Waals surface area contributed by atoms with Gasteiger partial charge in [-0.15, -0.1) is 0 Å². The van der Waals surface area contributed by atoms with Crippen LogP contribution in [0.1, 0.15) is 30.9 Å². The Morgan fingerprint density at radius 1 is 1.00 bits per heavy atom. The van der Waals surface area contributed by atoms with Gasteiger partial charge in [0, 0.05) is 6.54 Å². The second kappa shape index (κ2) is 8.58. The predicted molar refractivity (Wildman–Crippen MR) is 108 cm³/mol. The van der Waals surface area contributed by atoms with E-state index in [2.05, 4.69) is 25.2 Å². The highest BCUT2D eigenvalue weighted by atomic mass is 16.5. The first-order chi connectivity index (χ1) is 13.1. The molecule has 4 heteroatoms. The zero-order valence-electron chi connectivity index (χ0n) is 16.0. The maximum absolute atomic E-state index is 12.2. The largest absolute Gasteiger partial charge is 0.497 e. The lowest BCUT2D eigenvalue weighted by Gasteiger charge is -2.14. The molecule has 0 atom stereocenters. The number of amides is 1. The lowest BCUT2D eigenvalue weighted by atomic mass is 10.0. The smallest absolute Gasteiger partial charge is 0.258 e. The second-order valence-electron chi connectivity index (χ2n) is 6.81. The Bertz CT molecular complexity index is 934. The van der Waals surface area contributed by atoms with Crippen LogP contribution in [0, 0.1) is 0 Å². The molecule has 3 aromatic rings. The van der Waals surface area contributed by atoms with Crippen LogP contribution in [0.2, 0.25) is 0 Å². The number of carbonyl (C=O) groups is 1. The molecule has 0 heterocycles. The Hall–Kier alpha value is -3.01. The van der Waals surface area contributed by atoms with Crippen molar-refractivity contribution in [3.05, 3.63) is 71.8 Å². The number of para-hydroxylation sites is 1. The van der Waals surface area contributed by atoms with Gasteiger partial charge in [0.25, 0.3) is 5.91 Å². The third kappa shape index (κ3) is 4.79. The predicted octanol–water partition coefficient (Wildman–Crippen LogP) is 4.67. The highest BCUT2D eigenvalue weighted by Crippen LogP contribution is 2.25. The van der Waals surface area contributed by atoms with E-state index in [9.17, 15) is 4.79 Å². The van der Waals surface area contributed by atoms with E-state index in [0.29, 0.717) is 12.5 Å². The van der Waals surface area contributed by atoms with Crippen LogP contribution in [0.25, 0.3) is 10.8 Å². The van der Waals surface area contributed by atoms with Gasteiger partial charge < -0.3 is 14.8 Å². The molecule has 1 amide bonds. The van der Waals surface area contributed by atoms with Crippen molar-refractivity contribution < 1.29 is 14.3 Å². The van der Waals surface area contributed by atoms with Crippen molar-refractivity contribution in [2.24, 2.45) is 0 Å². The maximum atomic E-state index is 12.2. The highest BCUT2D eigenvalue weighted by molar-refractivity contribution is 5.84. The zero-order chi connectivity index (χ0) is 19.2. The highest BCUT2D eigenvalue weighted by Gasteiger charge is 2.09. The van der Waals surface area contributed by atoms with Gasteiger partial charge in [-0.3, -0.25) is 4.79 Å². The van der Waals surface area contributed by atoms with Gasteiger partial charge in [0.05, 0.1) is 7.11 Å². The van der Waals surface area contributed by atoms with Crippen molar-refractivity contribution in [2.45, 2.75) is 26.3 Å². The van der Waals surface area contributed by atoms with E-state index in [1.54, 1.807) is 7.11 Å². The van der Waals surface area contributed by atoms with Crippen LogP contribution in [0.15, 0.2) is 60.7 Å². The summed E-state index contributed by atoms with van der Waals surface area (Å²) in [6.45, 7) is 4.69. The van der Waals surface area contributed by atoms with Gasteiger partial charge in [-0.2, -0.15) is 0 Å². The Morgan fingerprint density at radius 2 is 1.74 bits per heavy atom. The SMILES string of the molecule is COc1ccc2cc(CNC(=O)COc3ccccc3C(C)C)ccc2c1. The summed E-state index contributed by atoms with van der Waals surface area (Å²) in [7, 11) is 1.66. The summed E-state index contributed by atoms with van der Waals surface area (Å²) in [4.78, 5) is 12.2. The molecular formula is C23H25NO3. The standard InChI is InChI=1S/C23H25NO3/c1-16(2)21-6-4-5-7-22(21)27-15-23(25)24-14-17-8-9-19-13-20(26-3)11-10-18(19)12-17/h4-13,16H,14-15H2,1-3H3,(H,24,25). The molecule has 0 spiro atoms. The van der Waals surface area contributed by atoms with E-state index in [1.165, 1.54) is 0 Å². The lowest BCUT2D eigenvalue weighted by Crippen LogP contribution is -2.28. The molecule has 3 aromatic carbocycles. The molecule has 0 fully saturated rings.